The number of unbranched alkanes of at least 4 members (excludes halogenated alkanes) is 5. The Hall–Kier alpha value is -1.85. The van der Waals surface area contributed by atoms with Crippen molar-refractivity contribution < 1.29 is 24.2 Å². The van der Waals surface area contributed by atoms with Gasteiger partial charge in [-0.25, -0.2) is 9.59 Å². The van der Waals surface area contributed by atoms with E-state index in [4.69, 9.17) is 4.74 Å². The van der Waals surface area contributed by atoms with Crippen LogP contribution in [0.15, 0.2) is 12.2 Å². The second-order valence-electron chi connectivity index (χ2n) is 7.36. The van der Waals surface area contributed by atoms with Crippen LogP contribution in [0.2, 0.25) is 0 Å². The van der Waals surface area contributed by atoms with Crippen molar-refractivity contribution in [2.45, 2.75) is 83.2 Å². The van der Waals surface area contributed by atoms with E-state index in [-0.39, 0.29) is 12.0 Å². The molecule has 1 aliphatic carbocycles. The van der Waals surface area contributed by atoms with E-state index in [1.54, 1.807) is 0 Å². The van der Waals surface area contributed by atoms with Crippen LogP contribution in [-0.4, -0.2) is 46.5 Å². The summed E-state index contributed by atoms with van der Waals surface area (Å²) in [6.07, 6.45) is 12.3. The SMILES string of the molecule is CCCCCCCCOC(=O)C=CC(=O)N1[C@H](C(=O)O)C[C@@H]2CCC[C@@H]21. The van der Waals surface area contributed by atoms with Gasteiger partial charge in [-0.3, -0.25) is 4.79 Å². The molecule has 1 saturated heterocycles. The Kier molecular flexibility index (Phi) is 8.13. The van der Waals surface area contributed by atoms with Crippen molar-refractivity contribution in [3.8, 4) is 0 Å². The van der Waals surface area contributed by atoms with Gasteiger partial charge in [0, 0.05) is 18.2 Å². The number of nitrogens with zero attached hydrogens (tertiary/aromatic N) is 1. The quantitative estimate of drug-likeness (QED) is 0.365. The first-order valence-corrected chi connectivity index (χ1v) is 9.94. The average Bonchev–Trinajstić information content (AvgIpc) is 3.19. The minimum Gasteiger partial charge on any atom is -0.480 e. The number of carbonyl (C=O) groups excluding carboxylic acids is 2. The molecule has 0 aromatic rings. The first-order chi connectivity index (χ1) is 12.5. The number of aliphatic carboxylic acids is 1. The number of carbonyl (C=O) groups is 3. The Bertz CT molecular complexity index is 530. The number of hydrogen-bond acceptors (Lipinski definition) is 4. The van der Waals surface area contributed by atoms with Crippen molar-refractivity contribution in [1.82, 2.24) is 4.90 Å². The summed E-state index contributed by atoms with van der Waals surface area (Å²) in [5.41, 5.74) is 0. The fraction of sp³-hybridized carbons (Fsp3) is 0.750. The van der Waals surface area contributed by atoms with Crippen molar-refractivity contribution >= 4 is 17.8 Å². The summed E-state index contributed by atoms with van der Waals surface area (Å²) in [7, 11) is 0. The molecule has 1 amide bonds. The predicted molar refractivity (Wildman–Crippen MR) is 97.5 cm³/mol. The molecular formula is C20H31NO5. The van der Waals surface area contributed by atoms with E-state index in [0.717, 1.165) is 44.6 Å². The Morgan fingerprint density at radius 1 is 1.08 bits per heavy atom. The second kappa shape index (κ2) is 10.3. The highest BCUT2D eigenvalue weighted by Gasteiger charge is 2.48. The van der Waals surface area contributed by atoms with Crippen LogP contribution >= 0.6 is 0 Å². The van der Waals surface area contributed by atoms with E-state index in [1.807, 2.05) is 0 Å². The van der Waals surface area contributed by atoms with Crippen molar-refractivity contribution in [2.24, 2.45) is 5.92 Å². The summed E-state index contributed by atoms with van der Waals surface area (Å²) in [6, 6.07) is -0.783. The molecule has 26 heavy (non-hydrogen) atoms. The number of carboxylic acid groups (broad SMARTS) is 1. The van der Waals surface area contributed by atoms with Gasteiger partial charge in [0.1, 0.15) is 6.04 Å². The molecule has 0 aromatic heterocycles. The maximum Gasteiger partial charge on any atom is 0.330 e. The van der Waals surface area contributed by atoms with E-state index in [1.165, 1.54) is 30.2 Å². The summed E-state index contributed by atoms with van der Waals surface area (Å²) in [4.78, 5) is 37.1. The molecule has 0 spiro atoms. The summed E-state index contributed by atoms with van der Waals surface area (Å²) in [5, 5.41) is 9.38. The van der Waals surface area contributed by atoms with Crippen molar-refractivity contribution in [3.05, 3.63) is 12.2 Å². The van der Waals surface area contributed by atoms with Gasteiger partial charge in [0.25, 0.3) is 0 Å². The maximum absolute atomic E-state index is 12.5. The molecule has 6 heteroatoms. The lowest BCUT2D eigenvalue weighted by molar-refractivity contribution is -0.147. The third-order valence-corrected chi connectivity index (χ3v) is 5.48. The second-order valence-corrected chi connectivity index (χ2v) is 7.36. The predicted octanol–water partition coefficient (Wildman–Crippen LogP) is 3.30. The highest BCUT2D eigenvalue weighted by atomic mass is 16.5. The van der Waals surface area contributed by atoms with Crippen LogP contribution < -0.4 is 0 Å². The molecule has 1 N–H and O–H groups in total. The Labute approximate surface area is 155 Å². The molecule has 146 valence electrons. The van der Waals surface area contributed by atoms with Gasteiger partial charge in [-0.15, -0.1) is 0 Å². The van der Waals surface area contributed by atoms with Crippen LogP contribution in [0.5, 0.6) is 0 Å². The minimum absolute atomic E-state index is 0.00705. The third kappa shape index (κ3) is 5.58. The van der Waals surface area contributed by atoms with Crippen LogP contribution in [0, 0.1) is 5.92 Å². The molecule has 6 nitrogen and oxygen atoms in total. The molecule has 1 saturated carbocycles. The molecule has 2 fully saturated rings. The molecule has 0 radical (unpaired) electrons. The first-order valence-electron chi connectivity index (χ1n) is 9.94. The molecule has 2 rings (SSSR count). The minimum atomic E-state index is -0.966. The van der Waals surface area contributed by atoms with Gasteiger partial charge >= 0.3 is 11.9 Å². The number of amides is 1. The maximum atomic E-state index is 12.5. The van der Waals surface area contributed by atoms with E-state index < -0.39 is 23.9 Å². The number of likely N-dealkylation sites (tertiary alicyclic amines) is 1. The van der Waals surface area contributed by atoms with Crippen molar-refractivity contribution in [1.29, 1.82) is 0 Å². The molecule has 2 aliphatic rings. The van der Waals surface area contributed by atoms with Crippen molar-refractivity contribution in [2.75, 3.05) is 6.61 Å². The van der Waals surface area contributed by atoms with E-state index in [9.17, 15) is 19.5 Å². The fourth-order valence-corrected chi connectivity index (χ4v) is 4.16. The highest BCUT2D eigenvalue weighted by molar-refractivity contribution is 5.96. The molecule has 3 atom stereocenters. The summed E-state index contributed by atoms with van der Waals surface area (Å²) in [5.74, 6) is -1.64. The zero-order valence-electron chi connectivity index (χ0n) is 15.7. The fourth-order valence-electron chi connectivity index (χ4n) is 4.16. The average molecular weight is 365 g/mol. The van der Waals surface area contributed by atoms with Gasteiger partial charge in [-0.2, -0.15) is 0 Å². The van der Waals surface area contributed by atoms with E-state index in [0.29, 0.717) is 13.0 Å². The molecule has 1 aliphatic heterocycles. The Balaban J connectivity index is 1.75. The molecular weight excluding hydrogens is 334 g/mol. The summed E-state index contributed by atoms with van der Waals surface area (Å²) in [6.45, 7) is 2.53. The lowest BCUT2D eigenvalue weighted by Gasteiger charge is -2.26. The topological polar surface area (TPSA) is 83.9 Å². The van der Waals surface area contributed by atoms with Gasteiger partial charge < -0.3 is 14.7 Å². The number of ether oxygens (including phenoxy) is 1. The van der Waals surface area contributed by atoms with E-state index >= 15 is 0 Å². The number of carboxylic acids is 1. The normalized spacial score (nSPS) is 24.8. The molecule has 1 heterocycles. The zero-order chi connectivity index (χ0) is 18.9. The number of fused-ring (bicyclic) bond motifs is 1. The zero-order valence-corrected chi connectivity index (χ0v) is 15.7. The van der Waals surface area contributed by atoms with Crippen molar-refractivity contribution in [3.63, 3.8) is 0 Å². The molecule has 0 bridgehead atoms. The van der Waals surface area contributed by atoms with Gasteiger partial charge in [0.2, 0.25) is 5.91 Å². The number of esters is 1. The third-order valence-electron chi connectivity index (χ3n) is 5.48. The highest BCUT2D eigenvalue weighted by Crippen LogP contribution is 2.41. The van der Waals surface area contributed by atoms with Gasteiger partial charge in [0.15, 0.2) is 0 Å². The van der Waals surface area contributed by atoms with Crippen LogP contribution in [0.3, 0.4) is 0 Å². The standard InChI is InChI=1S/C20H31NO5/c1-2-3-4-5-6-7-13-26-19(23)12-11-18(22)21-16-10-8-9-15(16)14-17(21)20(24)25/h11-12,15-17H,2-10,13-14H2,1H3,(H,24,25)/t15-,16-,17-/m0/s1. The summed E-state index contributed by atoms with van der Waals surface area (Å²) >= 11 is 0. The molecule has 0 unspecified atom stereocenters. The van der Waals surface area contributed by atoms with E-state index in [2.05, 4.69) is 6.92 Å². The Morgan fingerprint density at radius 2 is 1.81 bits per heavy atom. The van der Waals surface area contributed by atoms with Gasteiger partial charge in [-0.05, 0) is 31.6 Å². The van der Waals surface area contributed by atoms with Crippen LogP contribution in [0.25, 0.3) is 0 Å². The lowest BCUT2D eigenvalue weighted by atomic mass is 10.0. The first kappa shape index (κ1) is 20.5. The monoisotopic (exact) mass is 365 g/mol. The van der Waals surface area contributed by atoms with Gasteiger partial charge in [-0.1, -0.05) is 45.4 Å². The lowest BCUT2D eigenvalue weighted by Crippen LogP contribution is -2.44. The number of hydrogen-bond donors (Lipinski definition) is 1. The number of rotatable bonds is 10. The van der Waals surface area contributed by atoms with Crippen LogP contribution in [0.1, 0.15) is 71.1 Å². The molecule has 0 aromatic carbocycles. The van der Waals surface area contributed by atoms with Crippen LogP contribution in [-0.2, 0) is 19.1 Å². The smallest absolute Gasteiger partial charge is 0.330 e. The van der Waals surface area contributed by atoms with Gasteiger partial charge in [0.05, 0.1) is 6.61 Å². The Morgan fingerprint density at radius 3 is 2.54 bits per heavy atom. The van der Waals surface area contributed by atoms with Crippen LogP contribution in [0.4, 0.5) is 0 Å². The summed E-state index contributed by atoms with van der Waals surface area (Å²) < 4.78 is 5.11. The largest absolute Gasteiger partial charge is 0.480 e.